The van der Waals surface area contributed by atoms with Gasteiger partial charge in [-0.1, -0.05) is 24.3 Å². The Kier molecular flexibility index (Phi) is 4.59. The molecule has 1 fully saturated rings. The first-order chi connectivity index (χ1) is 10.9. The molecular weight excluding hydrogens is 314 g/mol. The molecular formula is C16H23N3O3S. The molecule has 2 aliphatic rings. The van der Waals surface area contributed by atoms with Gasteiger partial charge in [-0.3, -0.25) is 0 Å². The number of hydrogen-bond donors (Lipinski definition) is 2. The molecule has 1 atom stereocenters. The molecule has 1 saturated heterocycles. The van der Waals surface area contributed by atoms with E-state index in [9.17, 15) is 13.2 Å². The van der Waals surface area contributed by atoms with Crippen LogP contribution in [0.3, 0.4) is 0 Å². The monoisotopic (exact) mass is 337 g/mol. The standard InChI is InChI=1S/C16H23N3O3S/c1-23(21,22)19-10-8-13(9-11-19)17-16(20)18-15-7-6-12-4-2-3-5-14(12)15/h2-5,13,15H,6-11H2,1H3,(H2,17,18,20)/t15-/m1/s1. The number of hydrogen-bond acceptors (Lipinski definition) is 3. The van der Waals surface area contributed by atoms with E-state index in [1.54, 1.807) is 0 Å². The van der Waals surface area contributed by atoms with Gasteiger partial charge in [0.1, 0.15) is 0 Å². The molecule has 23 heavy (non-hydrogen) atoms. The summed E-state index contributed by atoms with van der Waals surface area (Å²) >= 11 is 0. The van der Waals surface area contributed by atoms with E-state index in [1.807, 2.05) is 12.1 Å². The summed E-state index contributed by atoms with van der Waals surface area (Å²) in [6, 6.07) is 8.14. The number of amides is 2. The predicted octanol–water partition coefficient (Wildman–Crippen LogP) is 1.40. The molecule has 6 nitrogen and oxygen atoms in total. The molecule has 1 heterocycles. The molecule has 1 aromatic rings. The summed E-state index contributed by atoms with van der Waals surface area (Å²) in [5.74, 6) is 0. The number of carbonyl (C=O) groups is 1. The van der Waals surface area contributed by atoms with E-state index < -0.39 is 10.0 Å². The van der Waals surface area contributed by atoms with Crippen LogP contribution in [0, 0.1) is 0 Å². The minimum atomic E-state index is -3.12. The Morgan fingerprint density at radius 1 is 1.13 bits per heavy atom. The zero-order valence-corrected chi connectivity index (χ0v) is 14.1. The number of piperidine rings is 1. The molecule has 3 rings (SSSR count). The Balaban J connectivity index is 1.50. The van der Waals surface area contributed by atoms with E-state index in [4.69, 9.17) is 0 Å². The van der Waals surface area contributed by atoms with E-state index in [2.05, 4.69) is 22.8 Å². The lowest BCUT2D eigenvalue weighted by Gasteiger charge is -2.31. The highest BCUT2D eigenvalue weighted by Crippen LogP contribution is 2.30. The van der Waals surface area contributed by atoms with Gasteiger partial charge in [0.15, 0.2) is 0 Å². The van der Waals surface area contributed by atoms with Gasteiger partial charge in [-0.05, 0) is 36.8 Å². The molecule has 0 unspecified atom stereocenters. The third-order valence-electron chi connectivity index (χ3n) is 4.70. The lowest BCUT2D eigenvalue weighted by molar-refractivity contribution is 0.224. The first kappa shape index (κ1) is 16.3. The van der Waals surface area contributed by atoms with Crippen molar-refractivity contribution in [3.05, 3.63) is 35.4 Å². The van der Waals surface area contributed by atoms with Crippen molar-refractivity contribution in [1.29, 1.82) is 0 Å². The number of aryl methyl sites for hydroxylation is 1. The van der Waals surface area contributed by atoms with Crippen LogP contribution in [-0.2, 0) is 16.4 Å². The number of sulfonamides is 1. The molecule has 2 amide bonds. The van der Waals surface area contributed by atoms with Gasteiger partial charge in [-0.25, -0.2) is 17.5 Å². The highest BCUT2D eigenvalue weighted by atomic mass is 32.2. The van der Waals surface area contributed by atoms with E-state index in [0.29, 0.717) is 25.9 Å². The summed E-state index contributed by atoms with van der Waals surface area (Å²) in [5, 5.41) is 6.02. The SMILES string of the molecule is CS(=O)(=O)N1CCC(NC(=O)N[C@@H]2CCc3ccccc32)CC1. The number of urea groups is 1. The number of rotatable bonds is 3. The van der Waals surface area contributed by atoms with Gasteiger partial charge in [0.2, 0.25) is 10.0 Å². The Bertz CT molecular complexity index is 682. The lowest BCUT2D eigenvalue weighted by Crippen LogP contribution is -2.49. The molecule has 7 heteroatoms. The van der Waals surface area contributed by atoms with Gasteiger partial charge >= 0.3 is 6.03 Å². The number of nitrogens with zero attached hydrogens (tertiary/aromatic N) is 1. The number of benzene rings is 1. The number of carbonyl (C=O) groups excluding carboxylic acids is 1. The van der Waals surface area contributed by atoms with Gasteiger partial charge < -0.3 is 10.6 Å². The van der Waals surface area contributed by atoms with Crippen LogP contribution in [0.1, 0.15) is 36.4 Å². The van der Waals surface area contributed by atoms with Crippen LogP contribution in [0.2, 0.25) is 0 Å². The summed E-state index contributed by atoms with van der Waals surface area (Å²) in [7, 11) is -3.12. The van der Waals surface area contributed by atoms with Crippen LogP contribution in [-0.4, -0.2) is 44.1 Å². The van der Waals surface area contributed by atoms with Gasteiger partial charge in [-0.2, -0.15) is 0 Å². The zero-order valence-electron chi connectivity index (χ0n) is 13.3. The van der Waals surface area contributed by atoms with Crippen molar-refractivity contribution < 1.29 is 13.2 Å². The van der Waals surface area contributed by atoms with E-state index >= 15 is 0 Å². The fraction of sp³-hybridized carbons (Fsp3) is 0.562. The van der Waals surface area contributed by atoms with Crippen molar-refractivity contribution in [2.24, 2.45) is 0 Å². The van der Waals surface area contributed by atoms with Crippen LogP contribution in [0.25, 0.3) is 0 Å². The smallest absolute Gasteiger partial charge is 0.315 e. The maximum Gasteiger partial charge on any atom is 0.315 e. The number of fused-ring (bicyclic) bond motifs is 1. The van der Waals surface area contributed by atoms with Crippen LogP contribution in [0.15, 0.2) is 24.3 Å². The molecule has 1 aromatic carbocycles. The molecule has 1 aliphatic heterocycles. The van der Waals surface area contributed by atoms with Crippen molar-refractivity contribution in [1.82, 2.24) is 14.9 Å². The maximum absolute atomic E-state index is 12.2. The van der Waals surface area contributed by atoms with Crippen molar-refractivity contribution in [3.63, 3.8) is 0 Å². The average Bonchev–Trinajstić information content (AvgIpc) is 2.90. The Labute approximate surface area is 137 Å². The van der Waals surface area contributed by atoms with E-state index in [-0.39, 0.29) is 18.1 Å². The van der Waals surface area contributed by atoms with Crippen LogP contribution in [0.5, 0.6) is 0 Å². The Hall–Kier alpha value is -1.60. The summed E-state index contributed by atoms with van der Waals surface area (Å²) in [5.41, 5.74) is 2.51. The Morgan fingerprint density at radius 3 is 2.52 bits per heavy atom. The average molecular weight is 337 g/mol. The predicted molar refractivity (Wildman–Crippen MR) is 88.6 cm³/mol. The van der Waals surface area contributed by atoms with Gasteiger partial charge in [0.05, 0.1) is 12.3 Å². The minimum absolute atomic E-state index is 0.0321. The van der Waals surface area contributed by atoms with Crippen LogP contribution in [0.4, 0.5) is 4.79 Å². The molecule has 126 valence electrons. The first-order valence-corrected chi connectivity index (χ1v) is 9.88. The second-order valence-electron chi connectivity index (χ2n) is 6.34. The summed E-state index contributed by atoms with van der Waals surface area (Å²) < 4.78 is 24.4. The lowest BCUT2D eigenvalue weighted by atomic mass is 10.1. The van der Waals surface area contributed by atoms with Crippen molar-refractivity contribution in [3.8, 4) is 0 Å². The van der Waals surface area contributed by atoms with Crippen molar-refractivity contribution in [2.75, 3.05) is 19.3 Å². The second kappa shape index (κ2) is 6.49. The van der Waals surface area contributed by atoms with Crippen LogP contribution < -0.4 is 10.6 Å². The normalized spacial score (nSPS) is 22.6. The summed E-state index contributed by atoms with van der Waals surface area (Å²) in [6.07, 6.45) is 4.46. The molecule has 0 bridgehead atoms. The topological polar surface area (TPSA) is 78.5 Å². The zero-order chi connectivity index (χ0) is 16.4. The second-order valence-corrected chi connectivity index (χ2v) is 8.33. The van der Waals surface area contributed by atoms with Gasteiger partial charge in [0, 0.05) is 19.1 Å². The van der Waals surface area contributed by atoms with Crippen LogP contribution >= 0.6 is 0 Å². The Morgan fingerprint density at radius 2 is 1.83 bits per heavy atom. The minimum Gasteiger partial charge on any atom is -0.335 e. The third kappa shape index (κ3) is 3.84. The van der Waals surface area contributed by atoms with Crippen molar-refractivity contribution in [2.45, 2.75) is 37.8 Å². The molecule has 1 aliphatic carbocycles. The number of nitrogens with one attached hydrogen (secondary N) is 2. The molecule has 0 aromatic heterocycles. The van der Waals surface area contributed by atoms with E-state index in [1.165, 1.54) is 21.7 Å². The largest absolute Gasteiger partial charge is 0.335 e. The highest BCUT2D eigenvalue weighted by molar-refractivity contribution is 7.88. The molecule has 0 saturated carbocycles. The fourth-order valence-electron chi connectivity index (χ4n) is 3.42. The highest BCUT2D eigenvalue weighted by Gasteiger charge is 2.27. The van der Waals surface area contributed by atoms with E-state index in [0.717, 1.165) is 12.8 Å². The van der Waals surface area contributed by atoms with Gasteiger partial charge in [0.25, 0.3) is 0 Å². The van der Waals surface area contributed by atoms with Crippen molar-refractivity contribution >= 4 is 16.1 Å². The quantitative estimate of drug-likeness (QED) is 0.875. The summed E-state index contributed by atoms with van der Waals surface area (Å²) in [6.45, 7) is 0.937. The fourth-order valence-corrected chi connectivity index (χ4v) is 4.30. The molecule has 0 spiro atoms. The molecule has 0 radical (unpaired) electrons. The third-order valence-corrected chi connectivity index (χ3v) is 6.00. The van der Waals surface area contributed by atoms with Gasteiger partial charge in [-0.15, -0.1) is 0 Å². The molecule has 2 N–H and O–H groups in total. The maximum atomic E-state index is 12.2. The first-order valence-electron chi connectivity index (χ1n) is 8.03. The summed E-state index contributed by atoms with van der Waals surface area (Å²) in [4.78, 5) is 12.2.